The molecule has 0 aliphatic heterocycles. The van der Waals surface area contributed by atoms with Gasteiger partial charge in [0, 0.05) is 0 Å². The number of esters is 2. The maximum absolute atomic E-state index is 12.3. The Kier molecular flexibility index (Phi) is 6.61. The van der Waals surface area contributed by atoms with Gasteiger partial charge in [-0.15, -0.1) is 5.73 Å². The second kappa shape index (κ2) is 8.20. The van der Waals surface area contributed by atoms with E-state index in [0.717, 1.165) is 11.1 Å². The molecule has 0 aliphatic carbocycles. The molecule has 0 heterocycles. The lowest BCUT2D eigenvalue weighted by Crippen LogP contribution is -2.42. The summed E-state index contributed by atoms with van der Waals surface area (Å²) in [6, 6.07) is 9.34. The summed E-state index contributed by atoms with van der Waals surface area (Å²) in [4.78, 5) is 24.7. The SMILES string of the molecule is COC(=O)C(CC=C=C(C)C)(Cc1ccccc1)C(=O)OC. The third-order valence-electron chi connectivity index (χ3n) is 3.34. The van der Waals surface area contributed by atoms with E-state index in [1.807, 2.05) is 44.2 Å². The molecule has 1 rings (SSSR count). The average Bonchev–Trinajstić information content (AvgIpc) is 2.52. The van der Waals surface area contributed by atoms with Crippen LogP contribution in [0.4, 0.5) is 0 Å². The monoisotopic (exact) mass is 302 g/mol. The van der Waals surface area contributed by atoms with Crippen LogP contribution >= 0.6 is 0 Å². The zero-order valence-electron chi connectivity index (χ0n) is 13.5. The van der Waals surface area contributed by atoms with Crippen molar-refractivity contribution in [3.63, 3.8) is 0 Å². The van der Waals surface area contributed by atoms with Crippen LogP contribution in [0, 0.1) is 5.41 Å². The van der Waals surface area contributed by atoms with Gasteiger partial charge in [-0.2, -0.15) is 0 Å². The lowest BCUT2D eigenvalue weighted by molar-refractivity contribution is -0.168. The molecule has 0 N–H and O–H groups in total. The minimum absolute atomic E-state index is 0.173. The third-order valence-corrected chi connectivity index (χ3v) is 3.34. The maximum atomic E-state index is 12.3. The van der Waals surface area contributed by atoms with Crippen LogP contribution in [0.3, 0.4) is 0 Å². The predicted molar refractivity (Wildman–Crippen MR) is 84.2 cm³/mol. The largest absolute Gasteiger partial charge is 0.468 e. The molecule has 1 aromatic rings. The van der Waals surface area contributed by atoms with E-state index in [9.17, 15) is 9.59 Å². The fourth-order valence-corrected chi connectivity index (χ4v) is 2.23. The Morgan fingerprint density at radius 3 is 2.09 bits per heavy atom. The zero-order chi connectivity index (χ0) is 16.6. The van der Waals surface area contributed by atoms with E-state index >= 15 is 0 Å². The molecule has 0 saturated heterocycles. The topological polar surface area (TPSA) is 52.6 Å². The first-order valence-corrected chi connectivity index (χ1v) is 7.05. The highest BCUT2D eigenvalue weighted by molar-refractivity contribution is 6.00. The molecular formula is C18H22O4. The van der Waals surface area contributed by atoms with Crippen molar-refractivity contribution in [2.24, 2.45) is 5.41 Å². The van der Waals surface area contributed by atoms with Crippen LogP contribution in [0.25, 0.3) is 0 Å². The van der Waals surface area contributed by atoms with Crippen LogP contribution < -0.4 is 0 Å². The minimum Gasteiger partial charge on any atom is -0.468 e. The number of allylic oxidation sites excluding steroid dienone is 1. The molecule has 0 bridgehead atoms. The van der Waals surface area contributed by atoms with E-state index in [4.69, 9.17) is 9.47 Å². The molecule has 1 aromatic carbocycles. The number of hydrogen-bond donors (Lipinski definition) is 0. The normalized spacial score (nSPS) is 10.4. The number of hydrogen-bond acceptors (Lipinski definition) is 4. The summed E-state index contributed by atoms with van der Waals surface area (Å²) in [5.74, 6) is -1.20. The minimum atomic E-state index is -1.40. The number of rotatable bonds is 6. The summed E-state index contributed by atoms with van der Waals surface area (Å²) in [6.07, 6.45) is 2.08. The van der Waals surface area contributed by atoms with Gasteiger partial charge >= 0.3 is 11.9 Å². The van der Waals surface area contributed by atoms with Crippen LogP contribution in [0.2, 0.25) is 0 Å². The molecule has 0 amide bonds. The van der Waals surface area contributed by atoms with Gasteiger partial charge in [0.15, 0.2) is 5.41 Å². The van der Waals surface area contributed by atoms with Crippen molar-refractivity contribution in [3.8, 4) is 0 Å². The van der Waals surface area contributed by atoms with E-state index in [0.29, 0.717) is 0 Å². The lowest BCUT2D eigenvalue weighted by Gasteiger charge is -2.27. The highest BCUT2D eigenvalue weighted by Gasteiger charge is 2.47. The van der Waals surface area contributed by atoms with Crippen molar-refractivity contribution in [2.45, 2.75) is 26.7 Å². The second-order valence-corrected chi connectivity index (χ2v) is 5.28. The lowest BCUT2D eigenvalue weighted by atomic mass is 9.78. The maximum Gasteiger partial charge on any atom is 0.323 e. The third kappa shape index (κ3) is 4.34. The molecule has 22 heavy (non-hydrogen) atoms. The zero-order valence-corrected chi connectivity index (χ0v) is 13.5. The van der Waals surface area contributed by atoms with Crippen molar-refractivity contribution in [2.75, 3.05) is 14.2 Å². The average molecular weight is 302 g/mol. The first kappa shape index (κ1) is 17.7. The quantitative estimate of drug-likeness (QED) is 0.460. The Morgan fingerprint density at radius 1 is 1.09 bits per heavy atom. The van der Waals surface area contributed by atoms with Crippen molar-refractivity contribution < 1.29 is 19.1 Å². The molecule has 0 fully saturated rings. The van der Waals surface area contributed by atoms with Crippen LogP contribution in [-0.2, 0) is 25.5 Å². The van der Waals surface area contributed by atoms with E-state index in [-0.39, 0.29) is 12.8 Å². The van der Waals surface area contributed by atoms with Crippen LogP contribution in [0.5, 0.6) is 0 Å². The fourth-order valence-electron chi connectivity index (χ4n) is 2.23. The van der Waals surface area contributed by atoms with Gasteiger partial charge in [0.25, 0.3) is 0 Å². The number of ether oxygens (including phenoxy) is 2. The van der Waals surface area contributed by atoms with Crippen molar-refractivity contribution in [1.29, 1.82) is 0 Å². The summed E-state index contributed by atoms with van der Waals surface area (Å²) in [5, 5.41) is 0. The Labute approximate surface area is 131 Å². The van der Waals surface area contributed by atoms with Crippen LogP contribution in [0.15, 0.2) is 47.7 Å². The molecule has 0 atom stereocenters. The molecule has 0 spiro atoms. The first-order chi connectivity index (χ1) is 10.5. The van der Waals surface area contributed by atoms with Gasteiger partial charge in [0.1, 0.15) is 0 Å². The van der Waals surface area contributed by atoms with E-state index in [1.165, 1.54) is 14.2 Å². The van der Waals surface area contributed by atoms with Crippen LogP contribution in [0.1, 0.15) is 25.8 Å². The molecular weight excluding hydrogens is 280 g/mol. The van der Waals surface area contributed by atoms with Crippen molar-refractivity contribution in [1.82, 2.24) is 0 Å². The van der Waals surface area contributed by atoms with E-state index < -0.39 is 17.4 Å². The molecule has 0 aliphatic rings. The Hall–Kier alpha value is -2.32. The second-order valence-electron chi connectivity index (χ2n) is 5.28. The highest BCUT2D eigenvalue weighted by Crippen LogP contribution is 2.31. The summed E-state index contributed by atoms with van der Waals surface area (Å²) in [6.45, 7) is 3.79. The number of carbonyl (C=O) groups excluding carboxylic acids is 2. The summed E-state index contributed by atoms with van der Waals surface area (Å²) < 4.78 is 9.75. The van der Waals surface area contributed by atoms with Gasteiger partial charge in [0.2, 0.25) is 0 Å². The fraction of sp³-hybridized carbons (Fsp3) is 0.389. The van der Waals surface area contributed by atoms with Gasteiger partial charge in [0.05, 0.1) is 14.2 Å². The molecule has 0 saturated carbocycles. The van der Waals surface area contributed by atoms with Gasteiger partial charge in [-0.1, -0.05) is 30.3 Å². The predicted octanol–water partition coefficient (Wildman–Crippen LogP) is 3.07. The van der Waals surface area contributed by atoms with Crippen molar-refractivity contribution >= 4 is 11.9 Å². The Morgan fingerprint density at radius 2 is 1.64 bits per heavy atom. The van der Waals surface area contributed by atoms with Gasteiger partial charge in [-0.05, 0) is 43.9 Å². The first-order valence-electron chi connectivity index (χ1n) is 7.05. The van der Waals surface area contributed by atoms with Gasteiger partial charge in [-0.25, -0.2) is 0 Å². The van der Waals surface area contributed by atoms with Gasteiger partial charge in [-0.3, -0.25) is 9.59 Å². The smallest absolute Gasteiger partial charge is 0.323 e. The Bertz CT molecular complexity index is 560. The molecule has 4 nitrogen and oxygen atoms in total. The summed E-state index contributed by atoms with van der Waals surface area (Å²) in [5.41, 5.74) is 3.45. The number of carbonyl (C=O) groups is 2. The van der Waals surface area contributed by atoms with Crippen molar-refractivity contribution in [3.05, 3.63) is 53.3 Å². The number of benzene rings is 1. The molecule has 0 unspecified atom stereocenters. The Balaban J connectivity index is 3.28. The molecule has 118 valence electrons. The van der Waals surface area contributed by atoms with E-state index in [1.54, 1.807) is 6.08 Å². The summed E-state index contributed by atoms with van der Waals surface area (Å²) in [7, 11) is 2.55. The van der Waals surface area contributed by atoms with Crippen LogP contribution in [-0.4, -0.2) is 26.2 Å². The molecule has 0 radical (unpaired) electrons. The summed E-state index contributed by atoms with van der Waals surface area (Å²) >= 11 is 0. The highest BCUT2D eigenvalue weighted by atomic mass is 16.5. The number of methoxy groups -OCH3 is 2. The molecule has 0 aromatic heterocycles. The van der Waals surface area contributed by atoms with Gasteiger partial charge < -0.3 is 9.47 Å². The molecule has 4 heteroatoms. The van der Waals surface area contributed by atoms with E-state index in [2.05, 4.69) is 5.73 Å². The standard InChI is InChI=1S/C18H22O4/c1-14(2)9-8-12-18(16(19)21-3,17(20)22-4)13-15-10-6-5-7-11-15/h5-8,10-11H,12-13H2,1-4H3.